The van der Waals surface area contributed by atoms with E-state index in [1.807, 2.05) is 19.1 Å². The Morgan fingerprint density at radius 3 is 2.46 bits per heavy atom. The molecule has 1 atom stereocenters. The molecule has 0 spiro atoms. The molecule has 0 radical (unpaired) electrons. The average molecular weight is 322 g/mol. The smallest absolute Gasteiger partial charge is 0.254 e. The van der Waals surface area contributed by atoms with E-state index >= 15 is 0 Å². The van der Waals surface area contributed by atoms with Gasteiger partial charge in [0.2, 0.25) is 0 Å². The lowest BCUT2D eigenvalue weighted by Crippen LogP contribution is -2.29. The molecular weight excluding hydrogens is 300 g/mol. The van der Waals surface area contributed by atoms with Crippen molar-refractivity contribution in [2.24, 2.45) is 0 Å². The zero-order valence-electron chi connectivity index (χ0n) is 14.4. The molecule has 1 unspecified atom stereocenters. The number of rotatable bonds is 3. The third-order valence-corrected chi connectivity index (χ3v) is 3.71. The fourth-order valence-corrected chi connectivity index (χ4v) is 2.15. The van der Waals surface area contributed by atoms with Crippen LogP contribution in [-0.2, 0) is 0 Å². The van der Waals surface area contributed by atoms with Crippen LogP contribution in [0, 0.1) is 11.8 Å². The van der Waals surface area contributed by atoms with E-state index in [0.717, 1.165) is 11.1 Å². The first-order valence-corrected chi connectivity index (χ1v) is 7.80. The lowest BCUT2D eigenvalue weighted by atomic mass is 10.1. The van der Waals surface area contributed by atoms with Gasteiger partial charge >= 0.3 is 0 Å². The maximum Gasteiger partial charge on any atom is 0.254 e. The Morgan fingerprint density at radius 1 is 1.25 bits per heavy atom. The van der Waals surface area contributed by atoms with Gasteiger partial charge in [0.15, 0.2) is 0 Å². The molecule has 0 fully saturated rings. The normalized spacial score (nSPS) is 12.0. The second kappa shape index (κ2) is 7.29. The molecule has 4 heteroatoms. The number of hydrogen-bond donors (Lipinski definition) is 1. The minimum Gasteiger partial charge on any atom is -0.378 e. The van der Waals surface area contributed by atoms with Crippen molar-refractivity contribution in [3.8, 4) is 11.8 Å². The number of hydrogen-bond acceptors (Lipinski definition) is 3. The summed E-state index contributed by atoms with van der Waals surface area (Å²) in [6.45, 7) is 5.23. The summed E-state index contributed by atoms with van der Waals surface area (Å²) in [4.78, 5) is 18.4. The summed E-state index contributed by atoms with van der Waals surface area (Å²) in [5.74, 6) is 5.59. The van der Waals surface area contributed by atoms with Gasteiger partial charge in [0.25, 0.3) is 5.91 Å². The second-order valence-electron chi connectivity index (χ2n) is 6.26. The molecule has 0 saturated carbocycles. The third kappa shape index (κ3) is 4.68. The second-order valence-corrected chi connectivity index (χ2v) is 6.26. The zero-order valence-corrected chi connectivity index (χ0v) is 14.4. The number of benzene rings is 1. The van der Waals surface area contributed by atoms with Crippen molar-refractivity contribution in [3.05, 3.63) is 65.5 Å². The van der Waals surface area contributed by atoms with Crippen LogP contribution in [0.25, 0.3) is 0 Å². The van der Waals surface area contributed by atoms with Crippen molar-refractivity contribution in [2.45, 2.75) is 32.4 Å². The summed E-state index contributed by atoms with van der Waals surface area (Å²) in [5.41, 5.74) is 1.31. The highest BCUT2D eigenvalue weighted by Crippen LogP contribution is 2.19. The van der Waals surface area contributed by atoms with Crippen molar-refractivity contribution in [1.82, 2.24) is 9.88 Å². The molecule has 0 aliphatic rings. The van der Waals surface area contributed by atoms with Crippen molar-refractivity contribution in [2.75, 3.05) is 7.05 Å². The summed E-state index contributed by atoms with van der Waals surface area (Å²) in [5, 5.41) is 9.62. The SMILES string of the molecule is CC(c1cccnc1)N(C)C(=O)c1ccc(C#CC(C)(C)O)cc1. The number of aromatic nitrogens is 1. The van der Waals surface area contributed by atoms with E-state index in [4.69, 9.17) is 0 Å². The molecule has 0 saturated heterocycles. The molecule has 24 heavy (non-hydrogen) atoms. The Kier molecular flexibility index (Phi) is 5.38. The first kappa shape index (κ1) is 17.7. The fourth-order valence-electron chi connectivity index (χ4n) is 2.15. The monoisotopic (exact) mass is 322 g/mol. The highest BCUT2D eigenvalue weighted by Gasteiger charge is 2.18. The van der Waals surface area contributed by atoms with Crippen LogP contribution < -0.4 is 0 Å². The molecule has 1 amide bonds. The van der Waals surface area contributed by atoms with E-state index in [1.54, 1.807) is 62.5 Å². The zero-order chi connectivity index (χ0) is 17.7. The maximum atomic E-state index is 12.6. The van der Waals surface area contributed by atoms with Crippen LogP contribution >= 0.6 is 0 Å². The van der Waals surface area contributed by atoms with Crippen molar-refractivity contribution in [1.29, 1.82) is 0 Å². The lowest BCUT2D eigenvalue weighted by molar-refractivity contribution is 0.0742. The fraction of sp³-hybridized carbons (Fsp3) is 0.300. The Balaban J connectivity index is 2.13. The van der Waals surface area contributed by atoms with Crippen LogP contribution in [0.2, 0.25) is 0 Å². The van der Waals surface area contributed by atoms with Gasteiger partial charge in [-0.1, -0.05) is 17.9 Å². The van der Waals surface area contributed by atoms with Gasteiger partial charge in [-0.25, -0.2) is 0 Å². The number of aliphatic hydroxyl groups is 1. The van der Waals surface area contributed by atoms with Gasteiger partial charge in [0.05, 0.1) is 6.04 Å². The van der Waals surface area contributed by atoms with Crippen molar-refractivity contribution >= 4 is 5.91 Å². The highest BCUT2D eigenvalue weighted by atomic mass is 16.3. The molecule has 1 aromatic heterocycles. The van der Waals surface area contributed by atoms with E-state index in [-0.39, 0.29) is 11.9 Å². The molecule has 4 nitrogen and oxygen atoms in total. The number of amides is 1. The molecule has 124 valence electrons. The van der Waals surface area contributed by atoms with Gasteiger partial charge < -0.3 is 10.0 Å². The maximum absolute atomic E-state index is 12.6. The van der Waals surface area contributed by atoms with Crippen LogP contribution in [-0.4, -0.2) is 33.5 Å². The van der Waals surface area contributed by atoms with Gasteiger partial charge in [0, 0.05) is 30.6 Å². The van der Waals surface area contributed by atoms with Gasteiger partial charge in [0.1, 0.15) is 5.60 Å². The number of carbonyl (C=O) groups excluding carboxylic acids is 1. The standard InChI is InChI=1S/C20H22N2O2/c1-15(18-6-5-13-21-14-18)22(4)19(23)17-9-7-16(8-10-17)11-12-20(2,3)24/h5-10,13-15,24H,1-4H3. The van der Waals surface area contributed by atoms with Crippen LogP contribution in [0.3, 0.4) is 0 Å². The minimum absolute atomic E-state index is 0.0617. The largest absolute Gasteiger partial charge is 0.378 e. The van der Waals surface area contributed by atoms with E-state index in [2.05, 4.69) is 16.8 Å². The topological polar surface area (TPSA) is 53.4 Å². The molecule has 0 bridgehead atoms. The lowest BCUT2D eigenvalue weighted by Gasteiger charge is -2.25. The van der Waals surface area contributed by atoms with E-state index in [9.17, 15) is 9.90 Å². The third-order valence-electron chi connectivity index (χ3n) is 3.71. The highest BCUT2D eigenvalue weighted by molar-refractivity contribution is 5.94. The van der Waals surface area contributed by atoms with Crippen LogP contribution in [0.4, 0.5) is 0 Å². The van der Waals surface area contributed by atoms with Gasteiger partial charge in [-0.05, 0) is 56.7 Å². The van der Waals surface area contributed by atoms with Crippen LogP contribution in [0.15, 0.2) is 48.8 Å². The summed E-state index contributed by atoms with van der Waals surface area (Å²) < 4.78 is 0. The van der Waals surface area contributed by atoms with Crippen molar-refractivity contribution < 1.29 is 9.90 Å². The molecule has 0 aliphatic heterocycles. The Bertz CT molecular complexity index is 750. The molecule has 0 aliphatic carbocycles. The quantitative estimate of drug-likeness (QED) is 0.884. The van der Waals surface area contributed by atoms with E-state index in [1.165, 1.54) is 0 Å². The van der Waals surface area contributed by atoms with Crippen molar-refractivity contribution in [3.63, 3.8) is 0 Å². The number of carbonyl (C=O) groups is 1. The van der Waals surface area contributed by atoms with E-state index < -0.39 is 5.60 Å². The summed E-state index contributed by atoms with van der Waals surface area (Å²) in [6.07, 6.45) is 3.48. The van der Waals surface area contributed by atoms with E-state index in [0.29, 0.717) is 5.56 Å². The molecular formula is C20H22N2O2. The predicted octanol–water partition coefficient (Wildman–Crippen LogP) is 3.04. The number of nitrogens with zero attached hydrogens (tertiary/aromatic N) is 2. The van der Waals surface area contributed by atoms with Gasteiger partial charge in [-0.2, -0.15) is 0 Å². The Morgan fingerprint density at radius 2 is 1.92 bits per heavy atom. The Labute approximate surface area is 143 Å². The molecule has 1 heterocycles. The van der Waals surface area contributed by atoms with Crippen LogP contribution in [0.5, 0.6) is 0 Å². The number of pyridine rings is 1. The predicted molar refractivity (Wildman–Crippen MR) is 94.4 cm³/mol. The molecule has 1 aromatic carbocycles. The van der Waals surface area contributed by atoms with Gasteiger partial charge in [-0.3, -0.25) is 9.78 Å². The first-order valence-electron chi connectivity index (χ1n) is 7.80. The van der Waals surface area contributed by atoms with Gasteiger partial charge in [-0.15, -0.1) is 0 Å². The minimum atomic E-state index is -1.03. The summed E-state index contributed by atoms with van der Waals surface area (Å²) in [6, 6.07) is 10.8. The summed E-state index contributed by atoms with van der Waals surface area (Å²) in [7, 11) is 1.78. The molecule has 2 rings (SSSR count). The average Bonchev–Trinajstić information content (AvgIpc) is 2.58. The summed E-state index contributed by atoms with van der Waals surface area (Å²) >= 11 is 0. The first-order chi connectivity index (χ1) is 11.3. The molecule has 2 aromatic rings. The van der Waals surface area contributed by atoms with Crippen LogP contribution in [0.1, 0.15) is 48.3 Å². The Hall–Kier alpha value is -2.64. The molecule has 1 N–H and O–H groups in total.